The Hall–Kier alpha value is -1.55. The molecule has 0 spiro atoms. The molecule has 17 heavy (non-hydrogen) atoms. The van der Waals surface area contributed by atoms with E-state index in [1.165, 1.54) is 0 Å². The molecule has 1 amide bonds. The van der Waals surface area contributed by atoms with E-state index in [0.717, 1.165) is 12.0 Å². The maximum atomic E-state index is 11.3. The normalized spacial score (nSPS) is 9.94. The van der Waals surface area contributed by atoms with Crippen LogP contribution >= 0.6 is 0 Å². The number of amides is 1. The Balaban J connectivity index is 2.05. The average Bonchev–Trinajstić information content (AvgIpc) is 2.37. The zero-order valence-corrected chi connectivity index (χ0v) is 10.1. The van der Waals surface area contributed by atoms with E-state index in [0.29, 0.717) is 26.4 Å². The molecule has 1 rings (SSSR count). The molecule has 1 aromatic rings. The van der Waals surface area contributed by atoms with Gasteiger partial charge in [0.15, 0.2) is 0 Å². The molecule has 0 aliphatic rings. The highest BCUT2D eigenvalue weighted by Crippen LogP contribution is 2.00. The highest BCUT2D eigenvalue weighted by molar-refractivity contribution is 5.67. The third-order valence-corrected chi connectivity index (χ3v) is 2.15. The van der Waals surface area contributed by atoms with Crippen LogP contribution in [0.2, 0.25) is 0 Å². The lowest BCUT2D eigenvalue weighted by molar-refractivity contribution is 0.131. The quantitative estimate of drug-likeness (QED) is 0.740. The van der Waals surface area contributed by atoms with Crippen molar-refractivity contribution in [3.63, 3.8) is 0 Å². The van der Waals surface area contributed by atoms with Gasteiger partial charge in [0, 0.05) is 19.8 Å². The van der Waals surface area contributed by atoms with Crippen LogP contribution in [0.4, 0.5) is 4.79 Å². The molecular weight excluding hydrogens is 218 g/mol. The molecule has 0 radical (unpaired) electrons. The van der Waals surface area contributed by atoms with Crippen molar-refractivity contribution in [3.05, 3.63) is 35.9 Å². The number of carbonyl (C=O) groups excluding carboxylic acids is 1. The summed E-state index contributed by atoms with van der Waals surface area (Å²) in [6.07, 6.45) is 0.416. The molecule has 0 aliphatic heterocycles. The number of nitrogens with one attached hydrogen (secondary N) is 1. The van der Waals surface area contributed by atoms with Crippen LogP contribution in [0.5, 0.6) is 0 Å². The lowest BCUT2D eigenvalue weighted by Gasteiger charge is -2.06. The molecule has 0 saturated carbocycles. The molecule has 94 valence electrons. The van der Waals surface area contributed by atoms with Gasteiger partial charge in [-0.15, -0.1) is 0 Å². The largest absolute Gasteiger partial charge is 0.445 e. The van der Waals surface area contributed by atoms with Crippen LogP contribution in [0.1, 0.15) is 18.9 Å². The molecular formula is C13H19NO3. The first-order chi connectivity index (χ1) is 8.33. The van der Waals surface area contributed by atoms with Crippen molar-refractivity contribution in [1.82, 2.24) is 5.32 Å². The number of ether oxygens (including phenoxy) is 2. The van der Waals surface area contributed by atoms with Gasteiger partial charge in [-0.1, -0.05) is 30.3 Å². The summed E-state index contributed by atoms with van der Waals surface area (Å²) in [5.74, 6) is 0. The minimum atomic E-state index is -0.384. The Morgan fingerprint density at radius 3 is 2.76 bits per heavy atom. The molecule has 0 aliphatic carbocycles. The van der Waals surface area contributed by atoms with Gasteiger partial charge in [-0.3, -0.25) is 0 Å². The van der Waals surface area contributed by atoms with Gasteiger partial charge in [0.05, 0.1) is 0 Å². The van der Waals surface area contributed by atoms with E-state index in [4.69, 9.17) is 9.47 Å². The predicted molar refractivity (Wildman–Crippen MR) is 65.7 cm³/mol. The van der Waals surface area contributed by atoms with Crippen LogP contribution in [-0.2, 0) is 16.1 Å². The second-order valence-corrected chi connectivity index (χ2v) is 3.54. The van der Waals surface area contributed by atoms with Crippen molar-refractivity contribution in [3.8, 4) is 0 Å². The van der Waals surface area contributed by atoms with E-state index in [9.17, 15) is 4.79 Å². The fourth-order valence-electron chi connectivity index (χ4n) is 1.28. The Bertz CT molecular complexity index is 314. The van der Waals surface area contributed by atoms with Gasteiger partial charge in [-0.05, 0) is 18.9 Å². The Morgan fingerprint density at radius 1 is 1.29 bits per heavy atom. The monoisotopic (exact) mass is 237 g/mol. The minimum absolute atomic E-state index is 0.304. The van der Waals surface area contributed by atoms with E-state index in [-0.39, 0.29) is 6.09 Å². The number of carbonyl (C=O) groups is 1. The summed E-state index contributed by atoms with van der Waals surface area (Å²) in [6, 6.07) is 9.60. The lowest BCUT2D eigenvalue weighted by atomic mass is 10.2. The van der Waals surface area contributed by atoms with E-state index in [1.54, 1.807) is 0 Å². The maximum Gasteiger partial charge on any atom is 0.407 e. The molecule has 0 fully saturated rings. The molecule has 1 aromatic carbocycles. The number of hydrogen-bond donors (Lipinski definition) is 1. The van der Waals surface area contributed by atoms with Gasteiger partial charge in [0.25, 0.3) is 0 Å². The van der Waals surface area contributed by atoms with Crippen molar-refractivity contribution in [2.24, 2.45) is 0 Å². The Kier molecular flexibility index (Phi) is 6.82. The lowest BCUT2D eigenvalue weighted by Crippen LogP contribution is -2.25. The average molecular weight is 237 g/mol. The highest BCUT2D eigenvalue weighted by Gasteiger charge is 2.01. The second-order valence-electron chi connectivity index (χ2n) is 3.54. The predicted octanol–water partition coefficient (Wildman–Crippen LogP) is 2.34. The topological polar surface area (TPSA) is 47.6 Å². The smallest absolute Gasteiger partial charge is 0.407 e. The van der Waals surface area contributed by atoms with Crippen molar-refractivity contribution in [1.29, 1.82) is 0 Å². The molecule has 0 atom stereocenters. The first-order valence-electron chi connectivity index (χ1n) is 5.85. The summed E-state index contributed by atoms with van der Waals surface area (Å²) in [5, 5.41) is 2.67. The van der Waals surface area contributed by atoms with Crippen LogP contribution in [0.25, 0.3) is 0 Å². The van der Waals surface area contributed by atoms with E-state index in [1.807, 2.05) is 37.3 Å². The third kappa shape index (κ3) is 6.58. The summed E-state index contributed by atoms with van der Waals surface area (Å²) >= 11 is 0. The zero-order valence-electron chi connectivity index (χ0n) is 10.1. The van der Waals surface area contributed by atoms with Gasteiger partial charge >= 0.3 is 6.09 Å². The van der Waals surface area contributed by atoms with E-state index < -0.39 is 0 Å². The van der Waals surface area contributed by atoms with Gasteiger partial charge in [-0.2, -0.15) is 0 Å². The first kappa shape index (κ1) is 13.5. The number of benzene rings is 1. The standard InChI is InChI=1S/C13H19NO3/c1-2-16-10-6-9-14-13(15)17-11-12-7-4-3-5-8-12/h3-5,7-8H,2,6,9-11H2,1H3,(H,14,15). The molecule has 0 saturated heterocycles. The van der Waals surface area contributed by atoms with Crippen LogP contribution < -0.4 is 5.32 Å². The molecule has 4 heteroatoms. The fourth-order valence-corrected chi connectivity index (χ4v) is 1.28. The third-order valence-electron chi connectivity index (χ3n) is 2.15. The Labute approximate surface area is 102 Å². The molecule has 0 aromatic heterocycles. The van der Waals surface area contributed by atoms with Gasteiger partial charge in [0.1, 0.15) is 6.61 Å². The summed E-state index contributed by atoms with van der Waals surface area (Å²) in [6.45, 7) is 4.20. The summed E-state index contributed by atoms with van der Waals surface area (Å²) in [5.41, 5.74) is 0.983. The van der Waals surface area contributed by atoms with Crippen LogP contribution in [0, 0.1) is 0 Å². The molecule has 0 heterocycles. The van der Waals surface area contributed by atoms with Crippen molar-refractivity contribution < 1.29 is 14.3 Å². The highest BCUT2D eigenvalue weighted by atomic mass is 16.5. The molecule has 0 unspecified atom stereocenters. The first-order valence-corrected chi connectivity index (χ1v) is 5.85. The minimum Gasteiger partial charge on any atom is -0.445 e. The number of hydrogen-bond acceptors (Lipinski definition) is 3. The summed E-state index contributed by atoms with van der Waals surface area (Å²) in [4.78, 5) is 11.3. The SMILES string of the molecule is CCOCCCNC(=O)OCc1ccccc1. The van der Waals surface area contributed by atoms with Crippen molar-refractivity contribution >= 4 is 6.09 Å². The van der Waals surface area contributed by atoms with Gasteiger partial charge in [-0.25, -0.2) is 4.79 Å². The number of rotatable bonds is 7. The Morgan fingerprint density at radius 2 is 2.06 bits per heavy atom. The van der Waals surface area contributed by atoms with Gasteiger partial charge in [0.2, 0.25) is 0 Å². The van der Waals surface area contributed by atoms with E-state index >= 15 is 0 Å². The molecule has 4 nitrogen and oxygen atoms in total. The summed E-state index contributed by atoms with van der Waals surface area (Å²) < 4.78 is 10.2. The van der Waals surface area contributed by atoms with Crippen LogP contribution in [-0.4, -0.2) is 25.9 Å². The maximum absolute atomic E-state index is 11.3. The van der Waals surface area contributed by atoms with Gasteiger partial charge < -0.3 is 14.8 Å². The summed E-state index contributed by atoms with van der Waals surface area (Å²) in [7, 11) is 0. The fraction of sp³-hybridized carbons (Fsp3) is 0.462. The zero-order chi connectivity index (χ0) is 12.3. The molecule has 0 bridgehead atoms. The number of alkyl carbamates (subject to hydrolysis) is 1. The second kappa shape index (κ2) is 8.58. The molecule has 1 N–H and O–H groups in total. The van der Waals surface area contributed by atoms with Crippen molar-refractivity contribution in [2.45, 2.75) is 20.0 Å². The van der Waals surface area contributed by atoms with Crippen molar-refractivity contribution in [2.75, 3.05) is 19.8 Å². The van der Waals surface area contributed by atoms with Crippen LogP contribution in [0.15, 0.2) is 30.3 Å². The van der Waals surface area contributed by atoms with E-state index in [2.05, 4.69) is 5.32 Å². The van der Waals surface area contributed by atoms with Crippen LogP contribution in [0.3, 0.4) is 0 Å².